The van der Waals surface area contributed by atoms with Crippen molar-refractivity contribution >= 4 is 17.6 Å². The monoisotopic (exact) mass is 243 g/mol. The number of esters is 1. The third kappa shape index (κ3) is 3.12. The molecular formula is C11H14ClNO3. The maximum absolute atomic E-state index is 11.2. The number of benzene rings is 1. The molecule has 0 amide bonds. The average molecular weight is 244 g/mol. The van der Waals surface area contributed by atoms with Gasteiger partial charge in [0, 0.05) is 5.02 Å². The van der Waals surface area contributed by atoms with Crippen LogP contribution in [0.15, 0.2) is 18.2 Å². The maximum Gasteiger partial charge on any atom is 0.322 e. The first-order chi connectivity index (χ1) is 7.58. The molecule has 1 rings (SSSR count). The molecule has 5 heteroatoms. The lowest BCUT2D eigenvalue weighted by molar-refractivity contribution is -0.142. The van der Waals surface area contributed by atoms with E-state index in [2.05, 4.69) is 4.74 Å². The second kappa shape index (κ2) is 5.72. The van der Waals surface area contributed by atoms with Gasteiger partial charge in [0.05, 0.1) is 14.2 Å². The normalized spacial score (nSPS) is 12.0. The molecule has 0 spiro atoms. The van der Waals surface area contributed by atoms with Crippen LogP contribution >= 0.6 is 11.6 Å². The van der Waals surface area contributed by atoms with Crippen LogP contribution in [0.4, 0.5) is 0 Å². The van der Waals surface area contributed by atoms with E-state index >= 15 is 0 Å². The molecule has 88 valence electrons. The lowest BCUT2D eigenvalue weighted by Crippen LogP contribution is -2.33. The molecule has 0 aliphatic rings. The zero-order chi connectivity index (χ0) is 12.1. The molecule has 4 nitrogen and oxygen atoms in total. The fourth-order valence-electron chi connectivity index (χ4n) is 1.31. The number of hydrogen-bond donors (Lipinski definition) is 1. The molecule has 0 saturated heterocycles. The lowest BCUT2D eigenvalue weighted by Gasteiger charge is -2.11. The van der Waals surface area contributed by atoms with Crippen LogP contribution in [0, 0.1) is 0 Å². The lowest BCUT2D eigenvalue weighted by atomic mass is 10.1. The van der Waals surface area contributed by atoms with Crippen LogP contribution in [0.25, 0.3) is 0 Å². The first-order valence-electron chi connectivity index (χ1n) is 4.74. The van der Waals surface area contributed by atoms with Crippen molar-refractivity contribution in [3.8, 4) is 5.75 Å². The Morgan fingerprint density at radius 1 is 1.50 bits per heavy atom. The van der Waals surface area contributed by atoms with Gasteiger partial charge in [-0.15, -0.1) is 0 Å². The minimum Gasteiger partial charge on any atom is -0.497 e. The van der Waals surface area contributed by atoms with E-state index in [-0.39, 0.29) is 0 Å². The van der Waals surface area contributed by atoms with Crippen molar-refractivity contribution in [3.05, 3.63) is 28.8 Å². The number of carbonyl (C=O) groups is 1. The molecule has 1 atom stereocenters. The topological polar surface area (TPSA) is 61.5 Å². The number of halogens is 1. The molecule has 0 saturated carbocycles. The van der Waals surface area contributed by atoms with E-state index < -0.39 is 12.0 Å². The summed E-state index contributed by atoms with van der Waals surface area (Å²) >= 11 is 5.98. The van der Waals surface area contributed by atoms with E-state index in [4.69, 9.17) is 22.1 Å². The highest BCUT2D eigenvalue weighted by Crippen LogP contribution is 2.22. The van der Waals surface area contributed by atoms with Crippen LogP contribution < -0.4 is 10.5 Å². The minimum absolute atomic E-state index is 0.322. The summed E-state index contributed by atoms with van der Waals surface area (Å²) in [6.07, 6.45) is 0.322. The molecule has 0 bridgehead atoms. The Bertz CT molecular complexity index is 381. The van der Waals surface area contributed by atoms with Crippen molar-refractivity contribution in [2.45, 2.75) is 12.5 Å². The predicted molar refractivity (Wildman–Crippen MR) is 61.7 cm³/mol. The molecule has 0 unspecified atom stereocenters. The van der Waals surface area contributed by atoms with Crippen LogP contribution in [-0.2, 0) is 16.0 Å². The van der Waals surface area contributed by atoms with E-state index in [1.54, 1.807) is 25.3 Å². The third-order valence-electron chi connectivity index (χ3n) is 2.20. The van der Waals surface area contributed by atoms with E-state index in [9.17, 15) is 4.79 Å². The Hall–Kier alpha value is -1.26. The number of ether oxygens (including phenoxy) is 2. The average Bonchev–Trinajstić information content (AvgIpc) is 2.30. The van der Waals surface area contributed by atoms with Crippen molar-refractivity contribution in [1.29, 1.82) is 0 Å². The molecule has 16 heavy (non-hydrogen) atoms. The molecule has 2 N–H and O–H groups in total. The van der Waals surface area contributed by atoms with Gasteiger partial charge in [0.1, 0.15) is 11.8 Å². The third-order valence-corrected chi connectivity index (χ3v) is 2.57. The van der Waals surface area contributed by atoms with E-state index in [0.717, 1.165) is 5.56 Å². The summed E-state index contributed by atoms with van der Waals surface area (Å²) in [4.78, 5) is 11.2. The summed E-state index contributed by atoms with van der Waals surface area (Å²) in [5, 5.41) is 0.556. The summed E-state index contributed by atoms with van der Waals surface area (Å²) in [7, 11) is 2.86. The second-order valence-electron chi connectivity index (χ2n) is 3.29. The summed E-state index contributed by atoms with van der Waals surface area (Å²) in [6, 6.07) is 4.50. The smallest absolute Gasteiger partial charge is 0.322 e. The SMILES string of the molecule is COC(=O)[C@@H](N)Cc1cc(OC)ccc1Cl. The van der Waals surface area contributed by atoms with Gasteiger partial charge in [0.15, 0.2) is 0 Å². The molecule has 1 aromatic rings. The maximum atomic E-state index is 11.2. The van der Waals surface area contributed by atoms with Crippen molar-refractivity contribution in [2.24, 2.45) is 5.73 Å². The van der Waals surface area contributed by atoms with Crippen molar-refractivity contribution < 1.29 is 14.3 Å². The molecule has 0 aliphatic heterocycles. The summed E-state index contributed by atoms with van der Waals surface area (Å²) in [5.41, 5.74) is 6.41. The van der Waals surface area contributed by atoms with Gasteiger partial charge in [0.25, 0.3) is 0 Å². The molecule has 1 aromatic carbocycles. The molecular weight excluding hydrogens is 230 g/mol. The quantitative estimate of drug-likeness (QED) is 0.812. The van der Waals surface area contributed by atoms with E-state index in [1.807, 2.05) is 0 Å². The highest BCUT2D eigenvalue weighted by Gasteiger charge is 2.16. The minimum atomic E-state index is -0.713. The van der Waals surface area contributed by atoms with Gasteiger partial charge in [-0.25, -0.2) is 0 Å². The van der Waals surface area contributed by atoms with Crippen molar-refractivity contribution in [1.82, 2.24) is 0 Å². The number of carbonyl (C=O) groups excluding carboxylic acids is 1. The predicted octanol–water partition coefficient (Wildman–Crippen LogP) is 1.39. The second-order valence-corrected chi connectivity index (χ2v) is 3.70. The standard InChI is InChI=1S/C11H14ClNO3/c1-15-8-3-4-9(12)7(5-8)6-10(13)11(14)16-2/h3-5,10H,6,13H2,1-2H3/t10-/m0/s1. The molecule has 0 aromatic heterocycles. The number of rotatable bonds is 4. The Morgan fingerprint density at radius 2 is 2.19 bits per heavy atom. The molecule has 0 aliphatic carbocycles. The Kier molecular flexibility index (Phi) is 4.58. The number of methoxy groups -OCH3 is 2. The van der Waals surface area contributed by atoms with Gasteiger partial charge < -0.3 is 15.2 Å². The molecule has 0 radical (unpaired) electrons. The van der Waals surface area contributed by atoms with Gasteiger partial charge in [-0.1, -0.05) is 11.6 Å². The molecule has 0 heterocycles. The van der Waals surface area contributed by atoms with Gasteiger partial charge in [-0.05, 0) is 30.2 Å². The van der Waals surface area contributed by atoms with Crippen molar-refractivity contribution in [3.63, 3.8) is 0 Å². The summed E-state index contributed by atoms with van der Waals surface area (Å²) in [5.74, 6) is 0.218. The number of nitrogens with two attached hydrogens (primary N) is 1. The Morgan fingerprint density at radius 3 is 2.75 bits per heavy atom. The van der Waals surface area contributed by atoms with Gasteiger partial charge in [-0.3, -0.25) is 4.79 Å². The zero-order valence-corrected chi connectivity index (χ0v) is 9.95. The van der Waals surface area contributed by atoms with Gasteiger partial charge >= 0.3 is 5.97 Å². The highest BCUT2D eigenvalue weighted by molar-refractivity contribution is 6.31. The van der Waals surface area contributed by atoms with Gasteiger partial charge in [-0.2, -0.15) is 0 Å². The fraction of sp³-hybridized carbons (Fsp3) is 0.364. The Labute approximate surface area is 99.3 Å². The van der Waals surface area contributed by atoms with Crippen LogP contribution in [0.2, 0.25) is 5.02 Å². The van der Waals surface area contributed by atoms with Crippen LogP contribution in [0.1, 0.15) is 5.56 Å². The Balaban J connectivity index is 2.83. The first kappa shape index (κ1) is 12.8. The first-order valence-corrected chi connectivity index (χ1v) is 5.12. The van der Waals surface area contributed by atoms with Crippen molar-refractivity contribution in [2.75, 3.05) is 14.2 Å². The van der Waals surface area contributed by atoms with Crippen LogP contribution in [0.5, 0.6) is 5.75 Å². The zero-order valence-electron chi connectivity index (χ0n) is 9.20. The molecule has 0 fully saturated rings. The van der Waals surface area contributed by atoms with E-state index in [1.165, 1.54) is 7.11 Å². The van der Waals surface area contributed by atoms with Gasteiger partial charge in [0.2, 0.25) is 0 Å². The summed E-state index contributed by atoms with van der Waals surface area (Å²) in [6.45, 7) is 0. The van der Waals surface area contributed by atoms with Crippen LogP contribution in [0.3, 0.4) is 0 Å². The highest BCUT2D eigenvalue weighted by atomic mass is 35.5. The number of hydrogen-bond acceptors (Lipinski definition) is 4. The fourth-order valence-corrected chi connectivity index (χ4v) is 1.50. The largest absolute Gasteiger partial charge is 0.497 e. The summed E-state index contributed by atoms with van der Waals surface area (Å²) < 4.78 is 9.60. The van der Waals surface area contributed by atoms with E-state index in [0.29, 0.717) is 17.2 Å². The van der Waals surface area contributed by atoms with Crippen LogP contribution in [-0.4, -0.2) is 26.2 Å².